The van der Waals surface area contributed by atoms with Crippen molar-refractivity contribution in [2.75, 3.05) is 11.9 Å². The van der Waals surface area contributed by atoms with Gasteiger partial charge >= 0.3 is 0 Å². The van der Waals surface area contributed by atoms with E-state index in [-0.39, 0.29) is 30.6 Å². The molecule has 1 aromatic heterocycles. The smallest absolute Gasteiger partial charge is 0.251 e. The van der Waals surface area contributed by atoms with E-state index in [2.05, 4.69) is 15.6 Å². The zero-order valence-corrected chi connectivity index (χ0v) is 15.4. The quantitative estimate of drug-likeness (QED) is 0.619. The molecule has 0 saturated heterocycles. The Balaban J connectivity index is 1.49. The first-order valence-corrected chi connectivity index (χ1v) is 8.80. The first kappa shape index (κ1) is 19.0. The number of rotatable bonds is 7. The molecule has 0 unspecified atom stereocenters. The molecule has 0 fully saturated rings. The molecule has 2 aromatic carbocycles. The van der Waals surface area contributed by atoms with E-state index in [0.717, 1.165) is 0 Å². The minimum absolute atomic E-state index is 0.145. The van der Waals surface area contributed by atoms with E-state index >= 15 is 0 Å². The molecule has 3 rings (SSSR count). The molecule has 0 aliphatic heterocycles. The van der Waals surface area contributed by atoms with E-state index in [1.807, 2.05) is 6.07 Å². The molecule has 7 heteroatoms. The minimum Gasteiger partial charge on any atom is -0.352 e. The van der Waals surface area contributed by atoms with Gasteiger partial charge < -0.3 is 15.2 Å². The van der Waals surface area contributed by atoms with E-state index < -0.39 is 0 Å². The summed E-state index contributed by atoms with van der Waals surface area (Å²) in [7, 11) is 1.76. The molecule has 0 aliphatic rings. The summed E-state index contributed by atoms with van der Waals surface area (Å²) >= 11 is 0. The van der Waals surface area contributed by atoms with E-state index in [0.29, 0.717) is 22.6 Å². The SMILES string of the molecule is Cn1ccnc1C(=O)c1ccc(NC(=O)CCNC(=O)c2ccccc2)cc1. The summed E-state index contributed by atoms with van der Waals surface area (Å²) in [5.74, 6) is -0.276. The number of carbonyl (C=O) groups is 3. The Morgan fingerprint density at radius 1 is 0.964 bits per heavy atom. The van der Waals surface area contributed by atoms with Crippen LogP contribution in [0.4, 0.5) is 5.69 Å². The van der Waals surface area contributed by atoms with Crippen molar-refractivity contribution in [3.63, 3.8) is 0 Å². The highest BCUT2D eigenvalue weighted by Gasteiger charge is 2.13. The summed E-state index contributed by atoms with van der Waals surface area (Å²) in [5.41, 5.74) is 1.62. The summed E-state index contributed by atoms with van der Waals surface area (Å²) in [6.07, 6.45) is 3.42. The summed E-state index contributed by atoms with van der Waals surface area (Å²) < 4.78 is 1.65. The van der Waals surface area contributed by atoms with Crippen LogP contribution in [0.3, 0.4) is 0 Å². The third kappa shape index (κ3) is 4.70. The zero-order valence-electron chi connectivity index (χ0n) is 15.4. The lowest BCUT2D eigenvalue weighted by molar-refractivity contribution is -0.116. The number of aryl methyl sites for hydroxylation is 1. The van der Waals surface area contributed by atoms with Crippen molar-refractivity contribution in [3.8, 4) is 0 Å². The van der Waals surface area contributed by atoms with Crippen LogP contribution in [-0.4, -0.2) is 33.7 Å². The largest absolute Gasteiger partial charge is 0.352 e. The second kappa shape index (κ2) is 8.77. The zero-order chi connectivity index (χ0) is 19.9. The molecule has 2 N–H and O–H groups in total. The Hall–Kier alpha value is -3.74. The van der Waals surface area contributed by atoms with Gasteiger partial charge in [-0.15, -0.1) is 0 Å². The lowest BCUT2D eigenvalue weighted by atomic mass is 10.1. The summed E-state index contributed by atoms with van der Waals surface area (Å²) in [5, 5.41) is 5.45. The Morgan fingerprint density at radius 3 is 2.32 bits per heavy atom. The maximum Gasteiger partial charge on any atom is 0.251 e. The average Bonchev–Trinajstić information content (AvgIpc) is 3.14. The second-order valence-corrected chi connectivity index (χ2v) is 6.19. The van der Waals surface area contributed by atoms with Crippen LogP contribution in [0.2, 0.25) is 0 Å². The van der Waals surface area contributed by atoms with Gasteiger partial charge in [-0.3, -0.25) is 14.4 Å². The molecule has 1 heterocycles. The Kier molecular flexibility index (Phi) is 5.96. The van der Waals surface area contributed by atoms with E-state index in [9.17, 15) is 14.4 Å². The van der Waals surface area contributed by atoms with Gasteiger partial charge in [0.1, 0.15) is 0 Å². The lowest BCUT2D eigenvalue weighted by Gasteiger charge is -2.08. The van der Waals surface area contributed by atoms with Gasteiger partial charge in [0.2, 0.25) is 11.7 Å². The molecule has 0 spiro atoms. The number of benzene rings is 2. The van der Waals surface area contributed by atoms with Crippen molar-refractivity contribution >= 4 is 23.3 Å². The Morgan fingerprint density at radius 2 is 1.68 bits per heavy atom. The first-order valence-electron chi connectivity index (χ1n) is 8.80. The van der Waals surface area contributed by atoms with Crippen LogP contribution < -0.4 is 10.6 Å². The van der Waals surface area contributed by atoms with Crippen LogP contribution in [0, 0.1) is 0 Å². The molecule has 0 saturated carbocycles. The van der Waals surface area contributed by atoms with Crippen LogP contribution >= 0.6 is 0 Å². The first-order chi connectivity index (χ1) is 13.5. The van der Waals surface area contributed by atoms with Crippen LogP contribution in [0.5, 0.6) is 0 Å². The van der Waals surface area contributed by atoms with Gasteiger partial charge in [-0.1, -0.05) is 18.2 Å². The number of carbonyl (C=O) groups excluding carboxylic acids is 3. The highest BCUT2D eigenvalue weighted by molar-refractivity contribution is 6.07. The standard InChI is InChI=1S/C21H20N4O3/c1-25-14-13-22-20(25)19(27)15-7-9-17(10-8-15)24-18(26)11-12-23-21(28)16-5-3-2-4-6-16/h2-10,13-14H,11-12H2,1H3,(H,23,28)(H,24,26). The highest BCUT2D eigenvalue weighted by Crippen LogP contribution is 2.13. The number of amides is 2. The van der Waals surface area contributed by atoms with E-state index in [1.54, 1.807) is 72.5 Å². The van der Waals surface area contributed by atoms with Gasteiger partial charge in [-0.2, -0.15) is 0 Å². The normalized spacial score (nSPS) is 10.3. The summed E-state index contributed by atoms with van der Waals surface area (Å²) in [6, 6.07) is 15.4. The third-order valence-corrected chi connectivity index (χ3v) is 4.13. The molecule has 0 radical (unpaired) electrons. The van der Waals surface area contributed by atoms with Crippen molar-refractivity contribution in [2.45, 2.75) is 6.42 Å². The summed E-state index contributed by atoms with van der Waals surface area (Å²) in [4.78, 5) is 40.4. The second-order valence-electron chi connectivity index (χ2n) is 6.19. The van der Waals surface area contributed by atoms with Crippen molar-refractivity contribution in [3.05, 3.63) is 83.9 Å². The average molecular weight is 376 g/mol. The van der Waals surface area contributed by atoms with Gasteiger partial charge in [-0.25, -0.2) is 4.98 Å². The van der Waals surface area contributed by atoms with Gasteiger partial charge in [-0.05, 0) is 36.4 Å². The van der Waals surface area contributed by atoms with Gasteiger partial charge in [0.25, 0.3) is 5.91 Å². The highest BCUT2D eigenvalue weighted by atomic mass is 16.2. The maximum atomic E-state index is 12.4. The van der Waals surface area contributed by atoms with E-state index in [1.165, 1.54) is 0 Å². The maximum absolute atomic E-state index is 12.4. The third-order valence-electron chi connectivity index (χ3n) is 4.13. The van der Waals surface area contributed by atoms with Crippen molar-refractivity contribution in [2.24, 2.45) is 7.05 Å². The fourth-order valence-corrected chi connectivity index (χ4v) is 2.62. The molecule has 7 nitrogen and oxygen atoms in total. The van der Waals surface area contributed by atoms with Crippen molar-refractivity contribution < 1.29 is 14.4 Å². The molecular weight excluding hydrogens is 356 g/mol. The number of hydrogen-bond acceptors (Lipinski definition) is 4. The fraction of sp³-hybridized carbons (Fsp3) is 0.143. The molecule has 2 amide bonds. The Bertz CT molecular complexity index is 978. The van der Waals surface area contributed by atoms with Crippen LogP contribution in [-0.2, 0) is 11.8 Å². The van der Waals surface area contributed by atoms with Gasteiger partial charge in [0.15, 0.2) is 5.82 Å². The molecule has 0 bridgehead atoms. The van der Waals surface area contributed by atoms with Crippen molar-refractivity contribution in [1.82, 2.24) is 14.9 Å². The molecule has 0 aliphatic carbocycles. The number of ketones is 1. The predicted molar refractivity (Wildman–Crippen MR) is 105 cm³/mol. The number of nitrogens with one attached hydrogen (secondary N) is 2. The molecule has 28 heavy (non-hydrogen) atoms. The number of aromatic nitrogens is 2. The number of imidazole rings is 1. The molecule has 0 atom stereocenters. The Labute approximate surface area is 162 Å². The van der Waals surface area contributed by atoms with Gasteiger partial charge in [0.05, 0.1) is 0 Å². The topological polar surface area (TPSA) is 93.1 Å². The van der Waals surface area contributed by atoms with E-state index in [4.69, 9.17) is 0 Å². The van der Waals surface area contributed by atoms with Crippen molar-refractivity contribution in [1.29, 1.82) is 0 Å². The monoisotopic (exact) mass is 376 g/mol. The predicted octanol–water partition coefficient (Wildman–Crippen LogP) is 2.41. The van der Waals surface area contributed by atoms with Gasteiger partial charge in [0, 0.05) is 49.2 Å². The number of hydrogen-bond donors (Lipinski definition) is 2. The van der Waals surface area contributed by atoms with Crippen LogP contribution in [0.1, 0.15) is 33.0 Å². The fourth-order valence-electron chi connectivity index (χ4n) is 2.62. The molecule has 3 aromatic rings. The summed E-state index contributed by atoms with van der Waals surface area (Å²) in [6.45, 7) is 0.231. The van der Waals surface area contributed by atoms with Crippen LogP contribution in [0.15, 0.2) is 67.0 Å². The lowest BCUT2D eigenvalue weighted by Crippen LogP contribution is -2.27. The minimum atomic E-state index is -0.225. The van der Waals surface area contributed by atoms with Crippen LogP contribution in [0.25, 0.3) is 0 Å². The molecule has 142 valence electrons. The molecular formula is C21H20N4O3. The number of anilines is 1. The number of nitrogens with zero attached hydrogens (tertiary/aromatic N) is 2.